The first-order chi connectivity index (χ1) is 6.86. The molecule has 2 rings (SSSR count). The van der Waals surface area contributed by atoms with E-state index in [0.717, 1.165) is 11.4 Å². The Morgan fingerprint density at radius 1 is 1.00 bits per heavy atom. The molecule has 0 aromatic heterocycles. The van der Waals surface area contributed by atoms with E-state index >= 15 is 0 Å². The van der Waals surface area contributed by atoms with Crippen LogP contribution in [0.3, 0.4) is 0 Å². The smallest absolute Gasteiger partial charge is 0.0413 e. The van der Waals surface area contributed by atoms with Crippen LogP contribution in [-0.2, 0) is 0 Å². The fraction of sp³-hybridized carbons (Fsp3) is 0.0769. The second-order valence-corrected chi connectivity index (χ2v) is 3.23. The van der Waals surface area contributed by atoms with E-state index in [4.69, 9.17) is 0 Å². The van der Waals surface area contributed by atoms with E-state index in [2.05, 4.69) is 30.4 Å². The Kier molecular flexibility index (Phi) is 2.50. The molecule has 0 bridgehead atoms. The molecule has 0 heterocycles. The zero-order valence-corrected chi connectivity index (χ0v) is 8.12. The van der Waals surface area contributed by atoms with Crippen LogP contribution in [0.2, 0.25) is 0 Å². The summed E-state index contributed by atoms with van der Waals surface area (Å²) in [5.74, 6) is 0. The van der Waals surface area contributed by atoms with Crippen molar-refractivity contribution in [2.45, 2.75) is 6.92 Å². The Bertz CT molecular complexity index is 407. The SMILES string of the molecule is Cc1ccccc1Nc1cc[c]cc1. The molecule has 0 aliphatic rings. The highest BCUT2D eigenvalue weighted by molar-refractivity contribution is 5.62. The van der Waals surface area contributed by atoms with Crippen LogP contribution in [0.15, 0.2) is 48.5 Å². The number of aryl methyl sites for hydroxylation is 1. The molecule has 1 heteroatoms. The summed E-state index contributed by atoms with van der Waals surface area (Å²) >= 11 is 0. The van der Waals surface area contributed by atoms with Crippen molar-refractivity contribution in [3.8, 4) is 0 Å². The molecular weight excluding hydrogens is 170 g/mol. The van der Waals surface area contributed by atoms with Crippen molar-refractivity contribution < 1.29 is 0 Å². The van der Waals surface area contributed by atoms with Crippen LogP contribution in [0.25, 0.3) is 0 Å². The van der Waals surface area contributed by atoms with Crippen LogP contribution >= 0.6 is 0 Å². The summed E-state index contributed by atoms with van der Waals surface area (Å²) in [7, 11) is 0. The van der Waals surface area contributed by atoms with Gasteiger partial charge in [-0.1, -0.05) is 30.3 Å². The Morgan fingerprint density at radius 3 is 2.43 bits per heavy atom. The fourth-order valence-corrected chi connectivity index (χ4v) is 1.34. The van der Waals surface area contributed by atoms with Gasteiger partial charge in [0.25, 0.3) is 0 Å². The van der Waals surface area contributed by atoms with Gasteiger partial charge in [-0.25, -0.2) is 0 Å². The van der Waals surface area contributed by atoms with E-state index in [1.807, 2.05) is 36.4 Å². The van der Waals surface area contributed by atoms with Gasteiger partial charge in [0.15, 0.2) is 0 Å². The highest BCUT2D eigenvalue weighted by atomic mass is 14.9. The number of hydrogen-bond donors (Lipinski definition) is 1. The normalized spacial score (nSPS) is 9.79. The minimum Gasteiger partial charge on any atom is -0.355 e. The maximum atomic E-state index is 3.35. The van der Waals surface area contributed by atoms with E-state index in [0.29, 0.717) is 0 Å². The van der Waals surface area contributed by atoms with Gasteiger partial charge < -0.3 is 5.32 Å². The molecule has 0 spiro atoms. The van der Waals surface area contributed by atoms with Gasteiger partial charge in [-0.2, -0.15) is 0 Å². The van der Waals surface area contributed by atoms with Crippen molar-refractivity contribution in [3.05, 3.63) is 60.2 Å². The third-order valence-electron chi connectivity index (χ3n) is 2.14. The molecule has 0 unspecified atom stereocenters. The van der Waals surface area contributed by atoms with Gasteiger partial charge in [-0.15, -0.1) is 0 Å². The zero-order chi connectivity index (χ0) is 9.80. The lowest BCUT2D eigenvalue weighted by atomic mass is 10.2. The molecule has 1 nitrogen and oxygen atoms in total. The minimum absolute atomic E-state index is 1.10. The molecule has 2 aromatic rings. The van der Waals surface area contributed by atoms with Crippen LogP contribution < -0.4 is 5.32 Å². The second-order valence-electron chi connectivity index (χ2n) is 3.23. The maximum Gasteiger partial charge on any atom is 0.0413 e. The topological polar surface area (TPSA) is 12.0 Å². The summed E-state index contributed by atoms with van der Waals surface area (Å²) < 4.78 is 0. The van der Waals surface area contributed by atoms with Gasteiger partial charge in [0.1, 0.15) is 0 Å². The molecule has 1 N–H and O–H groups in total. The van der Waals surface area contributed by atoms with Crippen molar-refractivity contribution in [3.63, 3.8) is 0 Å². The van der Waals surface area contributed by atoms with Crippen molar-refractivity contribution in [2.24, 2.45) is 0 Å². The van der Waals surface area contributed by atoms with E-state index in [1.54, 1.807) is 0 Å². The first-order valence-electron chi connectivity index (χ1n) is 4.65. The number of anilines is 2. The van der Waals surface area contributed by atoms with Crippen molar-refractivity contribution in [2.75, 3.05) is 5.32 Å². The van der Waals surface area contributed by atoms with Gasteiger partial charge in [0.2, 0.25) is 0 Å². The molecule has 0 fully saturated rings. The van der Waals surface area contributed by atoms with Gasteiger partial charge >= 0.3 is 0 Å². The lowest BCUT2D eigenvalue weighted by molar-refractivity contribution is 1.43. The van der Waals surface area contributed by atoms with Crippen molar-refractivity contribution in [1.29, 1.82) is 0 Å². The monoisotopic (exact) mass is 182 g/mol. The number of para-hydroxylation sites is 1. The number of rotatable bonds is 2. The quantitative estimate of drug-likeness (QED) is 0.749. The molecule has 0 saturated heterocycles. The summed E-state index contributed by atoms with van der Waals surface area (Å²) in [6.45, 7) is 2.09. The number of nitrogens with one attached hydrogen (secondary N) is 1. The maximum absolute atomic E-state index is 3.35. The van der Waals surface area contributed by atoms with E-state index in [9.17, 15) is 0 Å². The largest absolute Gasteiger partial charge is 0.355 e. The van der Waals surface area contributed by atoms with E-state index in [1.165, 1.54) is 5.56 Å². The second kappa shape index (κ2) is 3.97. The predicted octanol–water partition coefficient (Wildman–Crippen LogP) is 3.54. The molecule has 2 aromatic carbocycles. The van der Waals surface area contributed by atoms with Crippen LogP contribution in [0.1, 0.15) is 5.56 Å². The predicted molar refractivity (Wildman–Crippen MR) is 59.7 cm³/mol. The molecule has 1 radical (unpaired) electrons. The molecule has 0 amide bonds. The summed E-state index contributed by atoms with van der Waals surface area (Å²) in [5, 5.41) is 3.35. The van der Waals surface area contributed by atoms with Gasteiger partial charge in [-0.3, -0.25) is 0 Å². The highest BCUT2D eigenvalue weighted by Gasteiger charge is 1.95. The lowest BCUT2D eigenvalue weighted by Gasteiger charge is -2.08. The molecule has 14 heavy (non-hydrogen) atoms. The van der Waals surface area contributed by atoms with Crippen LogP contribution in [0.4, 0.5) is 11.4 Å². The zero-order valence-electron chi connectivity index (χ0n) is 8.12. The molecule has 69 valence electrons. The van der Waals surface area contributed by atoms with Gasteiger partial charge in [0.05, 0.1) is 0 Å². The Hall–Kier alpha value is -1.76. The summed E-state index contributed by atoms with van der Waals surface area (Å²) in [4.78, 5) is 0. The standard InChI is InChI=1S/C13H12N/c1-11-7-5-6-10-13(11)14-12-8-3-2-4-9-12/h3-10,14H,1H3. The Balaban J connectivity index is 2.24. The molecule has 0 atom stereocenters. The fourth-order valence-electron chi connectivity index (χ4n) is 1.34. The average Bonchev–Trinajstić information content (AvgIpc) is 2.23. The van der Waals surface area contributed by atoms with Crippen LogP contribution in [0, 0.1) is 13.0 Å². The lowest BCUT2D eigenvalue weighted by Crippen LogP contribution is -1.91. The average molecular weight is 182 g/mol. The first-order valence-corrected chi connectivity index (χ1v) is 4.65. The Morgan fingerprint density at radius 2 is 1.71 bits per heavy atom. The molecule has 0 saturated carbocycles. The highest BCUT2D eigenvalue weighted by Crippen LogP contribution is 2.18. The summed E-state index contributed by atoms with van der Waals surface area (Å²) in [6.07, 6.45) is 0. The third-order valence-corrected chi connectivity index (χ3v) is 2.14. The van der Waals surface area contributed by atoms with Crippen LogP contribution in [0.5, 0.6) is 0 Å². The number of benzene rings is 2. The van der Waals surface area contributed by atoms with E-state index in [-0.39, 0.29) is 0 Å². The van der Waals surface area contributed by atoms with Gasteiger partial charge in [0, 0.05) is 11.4 Å². The van der Waals surface area contributed by atoms with Crippen LogP contribution in [-0.4, -0.2) is 0 Å². The molecule has 0 aliphatic carbocycles. The van der Waals surface area contributed by atoms with Crippen molar-refractivity contribution >= 4 is 11.4 Å². The number of hydrogen-bond acceptors (Lipinski definition) is 1. The van der Waals surface area contributed by atoms with Crippen molar-refractivity contribution in [1.82, 2.24) is 0 Å². The minimum atomic E-state index is 1.10. The first kappa shape index (κ1) is 8.82. The Labute approximate surface area is 84.4 Å². The molecular formula is C13H12N. The van der Waals surface area contributed by atoms with Gasteiger partial charge in [-0.05, 0) is 36.8 Å². The summed E-state index contributed by atoms with van der Waals surface area (Å²) in [6, 6.07) is 19.1. The molecule has 0 aliphatic heterocycles. The summed E-state index contributed by atoms with van der Waals surface area (Å²) in [5.41, 5.74) is 3.50. The van der Waals surface area contributed by atoms with E-state index < -0.39 is 0 Å². The third kappa shape index (κ3) is 1.94.